The first-order chi connectivity index (χ1) is 13.4. The maximum absolute atomic E-state index is 13.0. The fraction of sp³-hybridized carbons (Fsp3) is 0.750. The minimum absolute atomic E-state index is 0.0666. The van der Waals surface area contributed by atoms with Gasteiger partial charge in [0.25, 0.3) is 0 Å². The Morgan fingerprint density at radius 1 is 1.25 bits per heavy atom. The molecule has 2 aromatic rings. The molecular formula is C20H29N7O. The third-order valence-electron chi connectivity index (χ3n) is 7.39. The highest BCUT2D eigenvalue weighted by atomic mass is 16.2. The molecule has 28 heavy (non-hydrogen) atoms. The molecule has 4 aliphatic carbocycles. The van der Waals surface area contributed by atoms with E-state index < -0.39 is 0 Å². The molecule has 0 radical (unpaired) electrons. The smallest absolute Gasteiger partial charge is 0.242 e. The van der Waals surface area contributed by atoms with E-state index in [1.165, 1.54) is 18.3 Å². The first-order valence-electron chi connectivity index (χ1n) is 10.5. The highest BCUT2D eigenvalue weighted by Crippen LogP contribution is 2.60. The molecule has 0 aromatic carbocycles. The van der Waals surface area contributed by atoms with Gasteiger partial charge in [-0.3, -0.25) is 9.48 Å². The lowest BCUT2D eigenvalue weighted by molar-refractivity contribution is -0.132. The molecule has 0 aliphatic heterocycles. The number of aryl methyl sites for hydroxylation is 1. The molecule has 0 saturated heterocycles. The number of hydrogen-bond acceptors (Lipinski definition) is 5. The van der Waals surface area contributed by atoms with Crippen molar-refractivity contribution in [1.29, 1.82) is 0 Å². The molecule has 8 heteroatoms. The van der Waals surface area contributed by atoms with Crippen molar-refractivity contribution in [2.24, 2.45) is 11.8 Å². The lowest BCUT2D eigenvalue weighted by Gasteiger charge is -2.61. The zero-order chi connectivity index (χ0) is 19.5. The maximum atomic E-state index is 13.0. The first kappa shape index (κ1) is 17.8. The van der Waals surface area contributed by atoms with Crippen molar-refractivity contribution in [1.82, 2.24) is 35.3 Å². The molecule has 2 heterocycles. The number of hydrogen-bond donors (Lipinski definition) is 1. The SMILES string of the molecule is CCc1c(C)nn(CC(=O)NC23C[C@H]4C[C@@H](C2)CC(n2ncnn2)(C4)C3)c1C. The Hall–Kier alpha value is -2.25. The Labute approximate surface area is 165 Å². The summed E-state index contributed by atoms with van der Waals surface area (Å²) in [5.41, 5.74) is 3.15. The Morgan fingerprint density at radius 3 is 2.61 bits per heavy atom. The van der Waals surface area contributed by atoms with Gasteiger partial charge >= 0.3 is 0 Å². The van der Waals surface area contributed by atoms with Gasteiger partial charge in [0.15, 0.2) is 6.33 Å². The summed E-state index contributed by atoms with van der Waals surface area (Å²) in [6.07, 6.45) is 9.01. The summed E-state index contributed by atoms with van der Waals surface area (Å²) in [5.74, 6) is 1.33. The molecule has 4 saturated carbocycles. The van der Waals surface area contributed by atoms with Crippen LogP contribution in [-0.4, -0.2) is 41.4 Å². The van der Waals surface area contributed by atoms with Crippen molar-refractivity contribution >= 4 is 5.91 Å². The lowest BCUT2D eigenvalue weighted by atomic mass is 9.50. The van der Waals surface area contributed by atoms with Crippen LogP contribution >= 0.6 is 0 Å². The number of aromatic nitrogens is 6. The van der Waals surface area contributed by atoms with Gasteiger partial charge in [-0.1, -0.05) is 6.92 Å². The molecule has 2 unspecified atom stereocenters. The van der Waals surface area contributed by atoms with Crippen molar-refractivity contribution in [2.45, 2.75) is 83.3 Å². The molecule has 4 fully saturated rings. The number of rotatable bonds is 5. The van der Waals surface area contributed by atoms with Gasteiger partial charge in [-0.05, 0) is 81.4 Å². The monoisotopic (exact) mass is 383 g/mol. The molecular weight excluding hydrogens is 354 g/mol. The van der Waals surface area contributed by atoms with E-state index in [0.29, 0.717) is 18.4 Å². The van der Waals surface area contributed by atoms with Gasteiger partial charge in [0.1, 0.15) is 6.54 Å². The molecule has 150 valence electrons. The van der Waals surface area contributed by atoms with Gasteiger partial charge in [-0.15, -0.1) is 10.2 Å². The van der Waals surface area contributed by atoms with E-state index in [4.69, 9.17) is 0 Å². The van der Waals surface area contributed by atoms with Gasteiger partial charge in [0.2, 0.25) is 5.91 Å². The van der Waals surface area contributed by atoms with Crippen LogP contribution in [0.3, 0.4) is 0 Å². The number of amides is 1. The van der Waals surface area contributed by atoms with Crippen molar-refractivity contribution in [3.05, 3.63) is 23.3 Å². The van der Waals surface area contributed by atoms with E-state index in [1.54, 1.807) is 0 Å². The van der Waals surface area contributed by atoms with E-state index in [1.807, 2.05) is 16.4 Å². The summed E-state index contributed by atoms with van der Waals surface area (Å²) in [6, 6.07) is 0. The van der Waals surface area contributed by atoms with E-state index in [9.17, 15) is 4.79 Å². The minimum atomic E-state index is -0.140. The molecule has 8 nitrogen and oxygen atoms in total. The quantitative estimate of drug-likeness (QED) is 0.852. The summed E-state index contributed by atoms with van der Waals surface area (Å²) in [5, 5.41) is 20.6. The van der Waals surface area contributed by atoms with E-state index >= 15 is 0 Å². The van der Waals surface area contributed by atoms with Crippen molar-refractivity contribution < 1.29 is 4.79 Å². The standard InChI is InChI=1S/C20H29N7O/c1-4-17-13(2)24-26(14(17)3)10-18(28)23-19-6-15-5-16(7-19)9-20(8-15,11-19)27-22-12-21-25-27/h12,15-16H,4-11H2,1-3H3,(H,23,28)/t15-,16+,19?,20?. The lowest BCUT2D eigenvalue weighted by Crippen LogP contribution is -2.66. The molecule has 4 bridgehead atoms. The number of carbonyl (C=O) groups is 1. The molecule has 1 amide bonds. The number of carbonyl (C=O) groups excluding carboxylic acids is 1. The van der Waals surface area contributed by atoms with Gasteiger partial charge in [0, 0.05) is 11.2 Å². The van der Waals surface area contributed by atoms with Crippen molar-refractivity contribution in [3.8, 4) is 0 Å². The fourth-order valence-corrected chi connectivity index (χ4v) is 6.85. The second-order valence-electron chi connectivity index (χ2n) is 9.40. The molecule has 4 aliphatic rings. The second kappa shape index (κ2) is 6.12. The molecule has 1 N–H and O–H groups in total. The predicted molar refractivity (Wildman–Crippen MR) is 102 cm³/mol. The molecule has 2 aromatic heterocycles. The van der Waals surface area contributed by atoms with Gasteiger partial charge < -0.3 is 5.32 Å². The highest BCUT2D eigenvalue weighted by Gasteiger charge is 2.60. The first-order valence-corrected chi connectivity index (χ1v) is 10.5. The van der Waals surface area contributed by atoms with Crippen LogP contribution in [0, 0.1) is 25.7 Å². The van der Waals surface area contributed by atoms with Crippen LogP contribution in [0.25, 0.3) is 0 Å². The van der Waals surface area contributed by atoms with Crippen LogP contribution in [0.5, 0.6) is 0 Å². The third-order valence-corrected chi connectivity index (χ3v) is 7.39. The predicted octanol–water partition coefficient (Wildman–Crippen LogP) is 1.91. The van der Waals surface area contributed by atoms with E-state index in [-0.39, 0.29) is 17.0 Å². The Morgan fingerprint density at radius 2 is 2.00 bits per heavy atom. The minimum Gasteiger partial charge on any atom is -0.349 e. The summed E-state index contributed by atoms with van der Waals surface area (Å²) < 4.78 is 1.86. The Kier molecular flexibility index (Phi) is 3.90. The van der Waals surface area contributed by atoms with Crippen LogP contribution in [0.4, 0.5) is 0 Å². The van der Waals surface area contributed by atoms with Gasteiger partial charge in [0.05, 0.1) is 11.2 Å². The Balaban J connectivity index is 1.37. The number of nitrogens with one attached hydrogen (secondary N) is 1. The van der Waals surface area contributed by atoms with E-state index in [0.717, 1.165) is 49.9 Å². The fourth-order valence-electron chi connectivity index (χ4n) is 6.85. The third kappa shape index (κ3) is 2.68. The topological polar surface area (TPSA) is 90.5 Å². The Bertz CT molecular complexity index is 886. The van der Waals surface area contributed by atoms with Crippen LogP contribution < -0.4 is 5.32 Å². The van der Waals surface area contributed by atoms with Crippen LogP contribution in [0.2, 0.25) is 0 Å². The zero-order valence-electron chi connectivity index (χ0n) is 17.0. The summed E-state index contributed by atoms with van der Waals surface area (Å²) >= 11 is 0. The average molecular weight is 384 g/mol. The average Bonchev–Trinajstić information content (AvgIpc) is 3.23. The number of nitrogens with zero attached hydrogens (tertiary/aromatic N) is 6. The summed E-state index contributed by atoms with van der Waals surface area (Å²) in [4.78, 5) is 14.9. The van der Waals surface area contributed by atoms with Crippen LogP contribution in [0.1, 0.15) is 62.4 Å². The molecule has 4 atom stereocenters. The normalized spacial score (nSPS) is 33.4. The molecule has 6 rings (SSSR count). The summed E-state index contributed by atoms with van der Waals surface area (Å²) in [7, 11) is 0. The van der Waals surface area contributed by atoms with Crippen LogP contribution in [0.15, 0.2) is 6.33 Å². The van der Waals surface area contributed by atoms with Gasteiger partial charge in [-0.2, -0.15) is 9.90 Å². The van der Waals surface area contributed by atoms with Crippen molar-refractivity contribution in [3.63, 3.8) is 0 Å². The molecule has 0 spiro atoms. The summed E-state index contributed by atoms with van der Waals surface area (Å²) in [6.45, 7) is 6.50. The van der Waals surface area contributed by atoms with E-state index in [2.05, 4.69) is 39.7 Å². The largest absolute Gasteiger partial charge is 0.349 e. The van der Waals surface area contributed by atoms with Crippen molar-refractivity contribution in [2.75, 3.05) is 0 Å². The van der Waals surface area contributed by atoms with Crippen LogP contribution in [-0.2, 0) is 23.3 Å². The zero-order valence-corrected chi connectivity index (χ0v) is 17.0. The highest BCUT2D eigenvalue weighted by molar-refractivity contribution is 5.76. The van der Waals surface area contributed by atoms with Gasteiger partial charge in [-0.25, -0.2) is 0 Å². The second-order valence-corrected chi connectivity index (χ2v) is 9.40. The maximum Gasteiger partial charge on any atom is 0.242 e. The number of tetrazole rings is 1.